The predicted octanol–water partition coefficient (Wildman–Crippen LogP) is 4.92. The van der Waals surface area contributed by atoms with Gasteiger partial charge in [-0.3, -0.25) is 4.72 Å². The second kappa shape index (κ2) is 6.56. The molecule has 0 saturated heterocycles. The fourth-order valence-corrected chi connectivity index (χ4v) is 3.60. The number of sulfonamides is 1. The molecule has 0 saturated carbocycles. The molecule has 1 N–H and O–H groups in total. The van der Waals surface area contributed by atoms with Crippen molar-refractivity contribution in [3.8, 4) is 11.1 Å². The molecule has 3 rings (SSSR count). The zero-order chi connectivity index (χ0) is 16.3. The lowest BCUT2D eigenvalue weighted by Gasteiger charge is -2.13. The minimum absolute atomic E-state index is 0.226. The van der Waals surface area contributed by atoms with Crippen LogP contribution in [0.5, 0.6) is 0 Å². The zero-order valence-electron chi connectivity index (χ0n) is 12.1. The fraction of sp³-hybridized carbons (Fsp3) is 0. The van der Waals surface area contributed by atoms with Crippen molar-refractivity contribution in [2.24, 2.45) is 0 Å². The number of hydrogen-bond donors (Lipinski definition) is 1. The summed E-state index contributed by atoms with van der Waals surface area (Å²) in [4.78, 5) is 0.226. The molecule has 0 amide bonds. The third kappa shape index (κ3) is 3.63. The molecule has 3 aromatic carbocycles. The van der Waals surface area contributed by atoms with Crippen molar-refractivity contribution in [3.05, 3.63) is 83.3 Å². The van der Waals surface area contributed by atoms with Gasteiger partial charge in [-0.15, -0.1) is 0 Å². The van der Waals surface area contributed by atoms with Gasteiger partial charge in [-0.05, 0) is 35.9 Å². The zero-order valence-corrected chi connectivity index (χ0v) is 14.5. The number of anilines is 1. The molecule has 0 aliphatic rings. The van der Waals surface area contributed by atoms with E-state index in [1.54, 1.807) is 30.3 Å². The Balaban J connectivity index is 1.99. The van der Waals surface area contributed by atoms with Crippen LogP contribution in [0.2, 0.25) is 0 Å². The number of rotatable bonds is 4. The predicted molar refractivity (Wildman–Crippen MR) is 96.8 cm³/mol. The SMILES string of the molecule is O=S(=O)(Nc1ccccc1-c1ccccc1)c1ccc(Br)cc1. The van der Waals surface area contributed by atoms with Crippen LogP contribution in [0.15, 0.2) is 88.2 Å². The third-order valence-electron chi connectivity index (χ3n) is 3.38. The molecule has 0 radical (unpaired) electrons. The van der Waals surface area contributed by atoms with Gasteiger partial charge in [-0.25, -0.2) is 8.42 Å². The van der Waals surface area contributed by atoms with Crippen LogP contribution in [0, 0.1) is 0 Å². The summed E-state index contributed by atoms with van der Waals surface area (Å²) in [5.74, 6) is 0. The smallest absolute Gasteiger partial charge is 0.261 e. The van der Waals surface area contributed by atoms with E-state index < -0.39 is 10.0 Å². The van der Waals surface area contributed by atoms with E-state index in [1.165, 1.54) is 0 Å². The van der Waals surface area contributed by atoms with Gasteiger partial charge in [0.25, 0.3) is 10.0 Å². The first kappa shape index (κ1) is 15.8. The molecule has 0 unspecified atom stereocenters. The highest BCUT2D eigenvalue weighted by atomic mass is 79.9. The van der Waals surface area contributed by atoms with Gasteiger partial charge in [0.05, 0.1) is 10.6 Å². The van der Waals surface area contributed by atoms with E-state index >= 15 is 0 Å². The Morgan fingerprint density at radius 3 is 2.04 bits per heavy atom. The molecule has 0 fully saturated rings. The van der Waals surface area contributed by atoms with E-state index in [9.17, 15) is 8.42 Å². The fourth-order valence-electron chi connectivity index (χ4n) is 2.26. The molecular formula is C18H14BrNO2S. The highest BCUT2D eigenvalue weighted by molar-refractivity contribution is 9.10. The monoisotopic (exact) mass is 387 g/mol. The Labute approximate surface area is 144 Å². The number of halogens is 1. The summed E-state index contributed by atoms with van der Waals surface area (Å²) in [7, 11) is -3.63. The molecule has 0 bridgehead atoms. The molecule has 23 heavy (non-hydrogen) atoms. The summed E-state index contributed by atoms with van der Waals surface area (Å²) < 4.78 is 28.7. The second-order valence-electron chi connectivity index (χ2n) is 4.97. The van der Waals surface area contributed by atoms with Crippen LogP contribution in [0.1, 0.15) is 0 Å². The van der Waals surface area contributed by atoms with Gasteiger partial charge in [-0.2, -0.15) is 0 Å². The summed E-state index contributed by atoms with van der Waals surface area (Å²) in [6, 6.07) is 23.6. The molecule has 0 atom stereocenters. The maximum Gasteiger partial charge on any atom is 0.261 e. The van der Waals surface area contributed by atoms with Gasteiger partial charge >= 0.3 is 0 Å². The molecule has 116 valence electrons. The maximum absolute atomic E-state index is 12.6. The van der Waals surface area contributed by atoms with Crippen LogP contribution >= 0.6 is 15.9 Å². The molecule has 0 aliphatic heterocycles. The first-order chi connectivity index (χ1) is 11.1. The minimum Gasteiger partial charge on any atom is -0.279 e. The highest BCUT2D eigenvalue weighted by Crippen LogP contribution is 2.29. The van der Waals surface area contributed by atoms with E-state index in [-0.39, 0.29) is 4.90 Å². The summed E-state index contributed by atoms with van der Waals surface area (Å²) >= 11 is 3.31. The molecule has 3 aromatic rings. The molecule has 0 aromatic heterocycles. The van der Waals surface area contributed by atoms with Gasteiger partial charge < -0.3 is 0 Å². The van der Waals surface area contributed by atoms with Crippen LogP contribution in [0.3, 0.4) is 0 Å². The van der Waals surface area contributed by atoms with Crippen LogP contribution in [-0.2, 0) is 10.0 Å². The number of nitrogens with one attached hydrogen (secondary N) is 1. The summed E-state index contributed by atoms with van der Waals surface area (Å²) in [6.07, 6.45) is 0. The molecule has 0 spiro atoms. The van der Waals surface area contributed by atoms with Gasteiger partial charge in [0, 0.05) is 10.0 Å². The Morgan fingerprint density at radius 1 is 0.739 bits per heavy atom. The largest absolute Gasteiger partial charge is 0.279 e. The van der Waals surface area contributed by atoms with E-state index in [0.717, 1.165) is 15.6 Å². The topological polar surface area (TPSA) is 46.2 Å². The van der Waals surface area contributed by atoms with Crippen LogP contribution in [0.4, 0.5) is 5.69 Å². The van der Waals surface area contributed by atoms with E-state index in [1.807, 2.05) is 48.5 Å². The Hall–Kier alpha value is -2.11. The van der Waals surface area contributed by atoms with Crippen molar-refractivity contribution in [2.75, 3.05) is 4.72 Å². The Kier molecular flexibility index (Phi) is 4.50. The van der Waals surface area contributed by atoms with Crippen LogP contribution in [0.25, 0.3) is 11.1 Å². The van der Waals surface area contributed by atoms with E-state index in [4.69, 9.17) is 0 Å². The van der Waals surface area contributed by atoms with Gasteiger partial charge in [-0.1, -0.05) is 64.5 Å². The van der Waals surface area contributed by atoms with Crippen molar-refractivity contribution >= 4 is 31.6 Å². The number of hydrogen-bond acceptors (Lipinski definition) is 2. The summed E-state index contributed by atoms with van der Waals surface area (Å²) in [6.45, 7) is 0. The average Bonchev–Trinajstić information content (AvgIpc) is 2.56. The summed E-state index contributed by atoms with van der Waals surface area (Å²) in [5, 5.41) is 0. The standard InChI is InChI=1S/C18H14BrNO2S/c19-15-10-12-16(13-11-15)23(21,22)20-18-9-5-4-8-17(18)14-6-2-1-3-7-14/h1-13,20H. The third-order valence-corrected chi connectivity index (χ3v) is 5.29. The van der Waals surface area contributed by atoms with Crippen molar-refractivity contribution in [1.29, 1.82) is 0 Å². The van der Waals surface area contributed by atoms with Gasteiger partial charge in [0.15, 0.2) is 0 Å². The molecule has 0 aliphatic carbocycles. The minimum atomic E-state index is -3.63. The van der Waals surface area contributed by atoms with Crippen LogP contribution < -0.4 is 4.72 Å². The molecule has 0 heterocycles. The van der Waals surface area contributed by atoms with Gasteiger partial charge in [0.1, 0.15) is 0 Å². The molecule has 3 nitrogen and oxygen atoms in total. The number of benzene rings is 3. The highest BCUT2D eigenvalue weighted by Gasteiger charge is 2.16. The Morgan fingerprint density at radius 2 is 1.35 bits per heavy atom. The maximum atomic E-state index is 12.6. The first-order valence-electron chi connectivity index (χ1n) is 6.99. The Bertz CT molecular complexity index is 907. The van der Waals surface area contributed by atoms with E-state index in [2.05, 4.69) is 20.7 Å². The lowest BCUT2D eigenvalue weighted by Crippen LogP contribution is -2.13. The van der Waals surface area contributed by atoms with Crippen molar-refractivity contribution < 1.29 is 8.42 Å². The summed E-state index contributed by atoms with van der Waals surface area (Å²) in [5.41, 5.74) is 2.36. The first-order valence-corrected chi connectivity index (χ1v) is 9.27. The lowest BCUT2D eigenvalue weighted by atomic mass is 10.0. The quantitative estimate of drug-likeness (QED) is 0.690. The lowest BCUT2D eigenvalue weighted by molar-refractivity contribution is 0.601. The molecular weight excluding hydrogens is 374 g/mol. The van der Waals surface area contributed by atoms with Crippen molar-refractivity contribution in [3.63, 3.8) is 0 Å². The van der Waals surface area contributed by atoms with E-state index in [0.29, 0.717) is 5.69 Å². The van der Waals surface area contributed by atoms with Crippen molar-refractivity contribution in [1.82, 2.24) is 0 Å². The molecule has 5 heteroatoms. The normalized spacial score (nSPS) is 11.2. The van der Waals surface area contributed by atoms with Crippen molar-refractivity contribution in [2.45, 2.75) is 4.90 Å². The number of para-hydroxylation sites is 1. The average molecular weight is 388 g/mol. The van der Waals surface area contributed by atoms with Crippen LogP contribution in [-0.4, -0.2) is 8.42 Å². The second-order valence-corrected chi connectivity index (χ2v) is 7.57. The van der Waals surface area contributed by atoms with Gasteiger partial charge in [0.2, 0.25) is 0 Å².